The summed E-state index contributed by atoms with van der Waals surface area (Å²) in [5.41, 5.74) is 0. The van der Waals surface area contributed by atoms with Crippen LogP contribution >= 0.6 is 0 Å². The lowest BCUT2D eigenvalue weighted by molar-refractivity contribution is 0.321. The smallest absolute Gasteiger partial charge is 0.00474 e. The van der Waals surface area contributed by atoms with Crippen molar-refractivity contribution in [3.05, 3.63) is 0 Å². The maximum absolute atomic E-state index is 2.38. The van der Waals surface area contributed by atoms with Gasteiger partial charge < -0.3 is 9.80 Å². The first kappa shape index (κ1) is 24.0. The zero-order chi connectivity index (χ0) is 15.5. The zero-order valence-corrected chi connectivity index (χ0v) is 15.3. The summed E-state index contributed by atoms with van der Waals surface area (Å²) < 4.78 is 0. The SMILES string of the molecule is CCCCC.CCN(CC)CC.CCN(CC)CC. The van der Waals surface area contributed by atoms with E-state index < -0.39 is 0 Å². The Morgan fingerprint density at radius 2 is 0.632 bits per heavy atom. The maximum atomic E-state index is 2.38. The molecule has 0 radical (unpaired) electrons. The molecule has 0 aromatic heterocycles. The van der Waals surface area contributed by atoms with E-state index in [4.69, 9.17) is 0 Å². The molecule has 0 aromatic carbocycles. The van der Waals surface area contributed by atoms with Crippen molar-refractivity contribution in [3.8, 4) is 0 Å². The highest BCUT2D eigenvalue weighted by Crippen LogP contribution is 1.88. The van der Waals surface area contributed by atoms with Gasteiger partial charge in [-0.15, -0.1) is 0 Å². The molecule has 0 unspecified atom stereocenters. The van der Waals surface area contributed by atoms with Crippen LogP contribution < -0.4 is 0 Å². The van der Waals surface area contributed by atoms with Crippen molar-refractivity contribution >= 4 is 0 Å². The molecule has 0 bridgehead atoms. The van der Waals surface area contributed by atoms with Crippen molar-refractivity contribution in [3.63, 3.8) is 0 Å². The molecule has 0 atom stereocenters. The van der Waals surface area contributed by atoms with Crippen LogP contribution in [0.5, 0.6) is 0 Å². The lowest BCUT2D eigenvalue weighted by atomic mass is 10.3. The Hall–Kier alpha value is -0.0800. The Morgan fingerprint density at radius 1 is 0.421 bits per heavy atom. The summed E-state index contributed by atoms with van der Waals surface area (Å²) in [6.07, 6.45) is 4.08. The van der Waals surface area contributed by atoms with Crippen molar-refractivity contribution in [1.29, 1.82) is 0 Å². The van der Waals surface area contributed by atoms with E-state index in [1.807, 2.05) is 0 Å². The molecule has 0 fully saturated rings. The number of hydrogen-bond acceptors (Lipinski definition) is 2. The molecular weight excluding hydrogens is 232 g/mol. The Morgan fingerprint density at radius 3 is 0.632 bits per heavy atom. The summed E-state index contributed by atoms with van der Waals surface area (Å²) >= 11 is 0. The molecule has 0 aliphatic rings. The van der Waals surface area contributed by atoms with Crippen molar-refractivity contribution in [1.82, 2.24) is 9.80 Å². The van der Waals surface area contributed by atoms with E-state index in [2.05, 4.69) is 65.2 Å². The molecule has 0 aliphatic carbocycles. The molecule has 2 heteroatoms. The maximum Gasteiger partial charge on any atom is -0.00474 e. The van der Waals surface area contributed by atoms with Gasteiger partial charge in [-0.05, 0) is 39.3 Å². The van der Waals surface area contributed by atoms with Gasteiger partial charge in [-0.3, -0.25) is 0 Å². The van der Waals surface area contributed by atoms with Crippen LogP contribution in [0.25, 0.3) is 0 Å². The summed E-state index contributed by atoms with van der Waals surface area (Å²) in [4.78, 5) is 4.75. The average Bonchev–Trinajstić information content (AvgIpc) is 2.45. The molecule has 0 aliphatic heterocycles. The molecule has 0 saturated carbocycles. The van der Waals surface area contributed by atoms with Crippen LogP contribution in [-0.4, -0.2) is 49.1 Å². The Balaban J connectivity index is -0.000000206. The van der Waals surface area contributed by atoms with Crippen molar-refractivity contribution in [2.75, 3.05) is 39.3 Å². The standard InChI is InChI=1S/2C6H15N.C5H12/c2*1-4-7(5-2)6-3;1-3-5-4-2/h2*4-6H2,1-3H3;3-5H2,1-2H3. The summed E-state index contributed by atoms with van der Waals surface area (Å²) in [7, 11) is 0. The highest BCUT2D eigenvalue weighted by Gasteiger charge is 1.89. The summed E-state index contributed by atoms with van der Waals surface area (Å²) in [6.45, 7) is 24.7. The zero-order valence-electron chi connectivity index (χ0n) is 15.3. The normalized spacial score (nSPS) is 9.79. The van der Waals surface area contributed by atoms with Gasteiger partial charge in [0.25, 0.3) is 0 Å². The first-order valence-electron chi connectivity index (χ1n) is 8.55. The van der Waals surface area contributed by atoms with Gasteiger partial charge in [0.15, 0.2) is 0 Å². The average molecular weight is 275 g/mol. The third-order valence-corrected chi connectivity index (χ3v) is 3.39. The predicted octanol–water partition coefficient (Wildman–Crippen LogP) is 4.89. The first-order valence-corrected chi connectivity index (χ1v) is 8.55. The van der Waals surface area contributed by atoms with Gasteiger partial charge in [0.2, 0.25) is 0 Å². The van der Waals surface area contributed by atoms with E-state index in [1.54, 1.807) is 0 Å². The second kappa shape index (κ2) is 23.0. The van der Waals surface area contributed by atoms with Crippen LogP contribution in [0.2, 0.25) is 0 Å². The van der Waals surface area contributed by atoms with Gasteiger partial charge >= 0.3 is 0 Å². The fourth-order valence-corrected chi connectivity index (χ4v) is 1.70. The minimum Gasteiger partial charge on any atom is -0.304 e. The summed E-state index contributed by atoms with van der Waals surface area (Å²) in [6, 6.07) is 0. The molecule has 0 N–H and O–H groups in total. The third kappa shape index (κ3) is 23.4. The number of rotatable bonds is 8. The lowest BCUT2D eigenvalue weighted by Gasteiger charge is -2.13. The Labute approximate surface area is 124 Å². The second-order valence-electron chi connectivity index (χ2n) is 4.59. The van der Waals surface area contributed by atoms with E-state index in [9.17, 15) is 0 Å². The van der Waals surface area contributed by atoms with Crippen LogP contribution in [0.15, 0.2) is 0 Å². The molecule has 0 amide bonds. The predicted molar refractivity (Wildman–Crippen MR) is 92.1 cm³/mol. The molecule has 120 valence electrons. The molecule has 0 aromatic rings. The molecule has 0 spiro atoms. The van der Waals surface area contributed by atoms with Crippen LogP contribution in [0.3, 0.4) is 0 Å². The van der Waals surface area contributed by atoms with Gasteiger partial charge in [-0.2, -0.15) is 0 Å². The van der Waals surface area contributed by atoms with E-state index >= 15 is 0 Å². The van der Waals surface area contributed by atoms with E-state index in [0.717, 1.165) is 0 Å². The minimum atomic E-state index is 1.19. The third-order valence-electron chi connectivity index (χ3n) is 3.39. The van der Waals surface area contributed by atoms with Gasteiger partial charge in [0, 0.05) is 0 Å². The van der Waals surface area contributed by atoms with Gasteiger partial charge in [-0.1, -0.05) is 74.7 Å². The molecule has 0 heterocycles. The Kier molecular flexibility index (Phi) is 29.1. The summed E-state index contributed by atoms with van der Waals surface area (Å²) in [5, 5.41) is 0. The second-order valence-corrected chi connectivity index (χ2v) is 4.59. The highest BCUT2D eigenvalue weighted by atomic mass is 15.1. The number of unbranched alkanes of at least 4 members (excludes halogenated alkanes) is 2. The van der Waals surface area contributed by atoms with E-state index in [1.165, 1.54) is 58.5 Å². The summed E-state index contributed by atoms with van der Waals surface area (Å²) in [5.74, 6) is 0. The Bertz CT molecular complexity index is 93.4. The largest absolute Gasteiger partial charge is 0.304 e. The van der Waals surface area contributed by atoms with Crippen LogP contribution in [0.1, 0.15) is 74.7 Å². The quantitative estimate of drug-likeness (QED) is 0.621. The van der Waals surface area contributed by atoms with E-state index in [-0.39, 0.29) is 0 Å². The van der Waals surface area contributed by atoms with Crippen molar-refractivity contribution in [2.45, 2.75) is 74.7 Å². The molecule has 0 saturated heterocycles. The fourth-order valence-electron chi connectivity index (χ4n) is 1.70. The van der Waals surface area contributed by atoms with E-state index in [0.29, 0.717) is 0 Å². The molecule has 2 nitrogen and oxygen atoms in total. The van der Waals surface area contributed by atoms with Gasteiger partial charge in [-0.25, -0.2) is 0 Å². The van der Waals surface area contributed by atoms with Gasteiger partial charge in [0.05, 0.1) is 0 Å². The van der Waals surface area contributed by atoms with Crippen LogP contribution in [0, 0.1) is 0 Å². The topological polar surface area (TPSA) is 6.48 Å². The fraction of sp³-hybridized carbons (Fsp3) is 1.00. The van der Waals surface area contributed by atoms with Crippen LogP contribution in [-0.2, 0) is 0 Å². The molecular formula is C17H42N2. The number of nitrogens with zero attached hydrogens (tertiary/aromatic N) is 2. The first-order chi connectivity index (χ1) is 9.11. The van der Waals surface area contributed by atoms with Crippen molar-refractivity contribution < 1.29 is 0 Å². The van der Waals surface area contributed by atoms with Crippen molar-refractivity contribution in [2.24, 2.45) is 0 Å². The van der Waals surface area contributed by atoms with Crippen LogP contribution in [0.4, 0.5) is 0 Å². The minimum absolute atomic E-state index is 1.19. The monoisotopic (exact) mass is 274 g/mol. The number of hydrogen-bond donors (Lipinski definition) is 0. The highest BCUT2D eigenvalue weighted by molar-refractivity contribution is 4.44. The van der Waals surface area contributed by atoms with Gasteiger partial charge in [0.1, 0.15) is 0 Å². The molecule has 0 rings (SSSR count). The molecule has 19 heavy (non-hydrogen) atoms. The lowest BCUT2D eigenvalue weighted by Crippen LogP contribution is -2.21.